The molecule has 1 heterocycles. The molecule has 0 unspecified atom stereocenters. The van der Waals surface area contributed by atoms with Gasteiger partial charge in [0.1, 0.15) is 5.60 Å². The Morgan fingerprint density at radius 2 is 2.35 bits per heavy atom. The predicted octanol–water partition coefficient (Wildman–Crippen LogP) is 1.77. The SMILES string of the molecule is CC(C)(CC[C@@H](O)c1cccnc1)OC(N)=O. The van der Waals surface area contributed by atoms with Crippen molar-refractivity contribution in [1.82, 2.24) is 4.98 Å². The van der Waals surface area contributed by atoms with E-state index in [0.29, 0.717) is 12.8 Å². The third-order valence-corrected chi connectivity index (χ3v) is 2.47. The second-order valence-electron chi connectivity index (χ2n) is 4.52. The molecular weight excluding hydrogens is 220 g/mol. The van der Waals surface area contributed by atoms with Crippen molar-refractivity contribution in [3.63, 3.8) is 0 Å². The Kier molecular flexibility index (Phi) is 4.45. The van der Waals surface area contributed by atoms with Crippen LogP contribution in [-0.2, 0) is 4.74 Å². The highest BCUT2D eigenvalue weighted by Crippen LogP contribution is 2.24. The maximum absolute atomic E-state index is 10.7. The molecule has 1 amide bonds. The summed E-state index contributed by atoms with van der Waals surface area (Å²) in [5, 5.41) is 9.91. The van der Waals surface area contributed by atoms with Crippen LogP contribution >= 0.6 is 0 Å². The first kappa shape index (κ1) is 13.4. The number of aliphatic hydroxyl groups excluding tert-OH is 1. The average Bonchev–Trinajstić information content (AvgIpc) is 2.25. The Labute approximate surface area is 101 Å². The van der Waals surface area contributed by atoms with Crippen molar-refractivity contribution in [1.29, 1.82) is 0 Å². The molecule has 0 aliphatic heterocycles. The van der Waals surface area contributed by atoms with Crippen LogP contribution in [0.25, 0.3) is 0 Å². The first-order valence-corrected chi connectivity index (χ1v) is 5.47. The van der Waals surface area contributed by atoms with Crippen LogP contribution in [-0.4, -0.2) is 21.8 Å². The van der Waals surface area contributed by atoms with E-state index in [-0.39, 0.29) is 0 Å². The van der Waals surface area contributed by atoms with Gasteiger partial charge in [-0.05, 0) is 38.3 Å². The van der Waals surface area contributed by atoms with Crippen molar-refractivity contribution in [2.75, 3.05) is 0 Å². The third kappa shape index (κ3) is 4.82. The largest absolute Gasteiger partial charge is 0.444 e. The maximum Gasteiger partial charge on any atom is 0.405 e. The number of nitrogens with zero attached hydrogens (tertiary/aromatic N) is 1. The number of ether oxygens (including phenoxy) is 1. The molecule has 0 saturated heterocycles. The number of aromatic nitrogens is 1. The standard InChI is InChI=1S/C12H18N2O3/c1-12(2,17-11(13)16)6-5-10(15)9-4-3-7-14-8-9/h3-4,7-8,10,15H,5-6H2,1-2H3,(H2,13,16)/t10-/m1/s1. The number of amides is 1. The van der Waals surface area contributed by atoms with Gasteiger partial charge in [0.2, 0.25) is 0 Å². The van der Waals surface area contributed by atoms with Crippen LogP contribution < -0.4 is 5.73 Å². The van der Waals surface area contributed by atoms with Crippen molar-refractivity contribution in [2.45, 2.75) is 38.4 Å². The summed E-state index contributed by atoms with van der Waals surface area (Å²) in [6, 6.07) is 3.57. The summed E-state index contributed by atoms with van der Waals surface area (Å²) in [5.74, 6) is 0. The van der Waals surface area contributed by atoms with Gasteiger partial charge >= 0.3 is 6.09 Å². The smallest absolute Gasteiger partial charge is 0.405 e. The van der Waals surface area contributed by atoms with E-state index in [0.717, 1.165) is 5.56 Å². The fourth-order valence-electron chi connectivity index (χ4n) is 1.55. The van der Waals surface area contributed by atoms with Crippen LogP contribution in [0.5, 0.6) is 0 Å². The average molecular weight is 238 g/mol. The monoisotopic (exact) mass is 238 g/mol. The van der Waals surface area contributed by atoms with Gasteiger partial charge in [-0.3, -0.25) is 4.98 Å². The van der Waals surface area contributed by atoms with Gasteiger partial charge in [-0.25, -0.2) is 4.79 Å². The molecule has 0 saturated carbocycles. The zero-order valence-electron chi connectivity index (χ0n) is 10.1. The van der Waals surface area contributed by atoms with E-state index in [4.69, 9.17) is 10.5 Å². The Morgan fingerprint density at radius 1 is 1.65 bits per heavy atom. The lowest BCUT2D eigenvalue weighted by Crippen LogP contribution is -2.31. The lowest BCUT2D eigenvalue weighted by molar-refractivity contribution is 0.0255. The number of aliphatic hydroxyl groups is 1. The van der Waals surface area contributed by atoms with Crippen LogP contribution in [0.4, 0.5) is 4.79 Å². The molecule has 0 aliphatic carbocycles. The molecule has 1 aromatic rings. The third-order valence-electron chi connectivity index (χ3n) is 2.47. The van der Waals surface area contributed by atoms with E-state index >= 15 is 0 Å². The van der Waals surface area contributed by atoms with Gasteiger partial charge in [0.25, 0.3) is 0 Å². The number of carbonyl (C=O) groups excluding carboxylic acids is 1. The number of hydrogen-bond donors (Lipinski definition) is 2. The minimum Gasteiger partial charge on any atom is -0.444 e. The van der Waals surface area contributed by atoms with E-state index in [9.17, 15) is 9.90 Å². The van der Waals surface area contributed by atoms with Crippen molar-refractivity contribution < 1.29 is 14.6 Å². The summed E-state index contributed by atoms with van der Waals surface area (Å²) >= 11 is 0. The molecule has 0 radical (unpaired) electrons. The fourth-order valence-corrected chi connectivity index (χ4v) is 1.55. The number of carbonyl (C=O) groups is 1. The lowest BCUT2D eigenvalue weighted by atomic mass is 9.97. The molecule has 1 atom stereocenters. The molecule has 3 N–H and O–H groups in total. The van der Waals surface area contributed by atoms with Gasteiger partial charge in [-0.2, -0.15) is 0 Å². The Morgan fingerprint density at radius 3 is 2.88 bits per heavy atom. The van der Waals surface area contributed by atoms with Crippen LogP contribution in [0.2, 0.25) is 0 Å². The molecule has 0 bridgehead atoms. The summed E-state index contributed by atoms with van der Waals surface area (Å²) in [5.41, 5.74) is 5.04. The summed E-state index contributed by atoms with van der Waals surface area (Å²) in [6.45, 7) is 3.52. The maximum atomic E-state index is 10.7. The Hall–Kier alpha value is -1.62. The molecule has 1 aromatic heterocycles. The summed E-state index contributed by atoms with van der Waals surface area (Å²) in [7, 11) is 0. The Bertz CT molecular complexity index is 365. The molecule has 17 heavy (non-hydrogen) atoms. The minimum absolute atomic E-state index is 0.478. The van der Waals surface area contributed by atoms with Crippen LogP contribution in [0.3, 0.4) is 0 Å². The molecule has 5 nitrogen and oxygen atoms in total. The molecule has 0 aromatic carbocycles. The Balaban J connectivity index is 2.48. The molecule has 5 heteroatoms. The highest BCUT2D eigenvalue weighted by molar-refractivity contribution is 5.65. The highest BCUT2D eigenvalue weighted by Gasteiger charge is 2.23. The summed E-state index contributed by atoms with van der Waals surface area (Å²) in [4.78, 5) is 14.6. The highest BCUT2D eigenvalue weighted by atomic mass is 16.6. The zero-order chi connectivity index (χ0) is 12.9. The predicted molar refractivity (Wildman–Crippen MR) is 63.2 cm³/mol. The number of hydrogen-bond acceptors (Lipinski definition) is 4. The topological polar surface area (TPSA) is 85.4 Å². The van der Waals surface area contributed by atoms with E-state index in [1.165, 1.54) is 0 Å². The van der Waals surface area contributed by atoms with Crippen molar-refractivity contribution in [3.05, 3.63) is 30.1 Å². The number of nitrogens with two attached hydrogens (primary N) is 1. The van der Waals surface area contributed by atoms with Crippen LogP contribution in [0.1, 0.15) is 38.4 Å². The zero-order valence-corrected chi connectivity index (χ0v) is 10.1. The fraction of sp³-hybridized carbons (Fsp3) is 0.500. The van der Waals surface area contributed by atoms with Crippen molar-refractivity contribution in [3.8, 4) is 0 Å². The number of primary amides is 1. The molecule has 0 fully saturated rings. The first-order chi connectivity index (χ1) is 7.91. The van der Waals surface area contributed by atoms with E-state index in [2.05, 4.69) is 4.98 Å². The second-order valence-corrected chi connectivity index (χ2v) is 4.52. The summed E-state index contributed by atoms with van der Waals surface area (Å²) in [6.07, 6.45) is 2.85. The van der Waals surface area contributed by atoms with Gasteiger partial charge in [-0.1, -0.05) is 6.07 Å². The van der Waals surface area contributed by atoms with E-state index in [1.807, 2.05) is 0 Å². The summed E-state index contributed by atoms with van der Waals surface area (Å²) < 4.78 is 4.94. The first-order valence-electron chi connectivity index (χ1n) is 5.47. The van der Waals surface area contributed by atoms with Gasteiger partial charge in [0.15, 0.2) is 0 Å². The van der Waals surface area contributed by atoms with Crippen LogP contribution in [0.15, 0.2) is 24.5 Å². The van der Waals surface area contributed by atoms with Gasteiger partial charge in [0.05, 0.1) is 6.10 Å². The van der Waals surface area contributed by atoms with Crippen molar-refractivity contribution in [2.24, 2.45) is 5.73 Å². The number of rotatable bonds is 5. The molecule has 0 aliphatic rings. The van der Waals surface area contributed by atoms with Crippen LogP contribution in [0, 0.1) is 0 Å². The molecular formula is C12H18N2O3. The molecule has 0 spiro atoms. The van der Waals surface area contributed by atoms with Gasteiger partial charge in [0, 0.05) is 12.4 Å². The molecule has 94 valence electrons. The van der Waals surface area contributed by atoms with Gasteiger partial charge in [-0.15, -0.1) is 0 Å². The van der Waals surface area contributed by atoms with Gasteiger partial charge < -0.3 is 15.6 Å². The van der Waals surface area contributed by atoms with E-state index in [1.54, 1.807) is 38.4 Å². The minimum atomic E-state index is -0.800. The quantitative estimate of drug-likeness (QED) is 0.818. The second kappa shape index (κ2) is 5.63. The van der Waals surface area contributed by atoms with E-state index < -0.39 is 17.8 Å². The lowest BCUT2D eigenvalue weighted by Gasteiger charge is -2.25. The number of pyridine rings is 1. The van der Waals surface area contributed by atoms with Crippen molar-refractivity contribution >= 4 is 6.09 Å². The normalized spacial score (nSPS) is 13.1. The molecule has 1 rings (SSSR count).